The minimum atomic E-state index is -1.06. The number of aliphatic hydroxyl groups is 2. The summed E-state index contributed by atoms with van der Waals surface area (Å²) in [4.78, 5) is 22.8. The molecule has 24 heavy (non-hydrogen) atoms. The Morgan fingerprint density at radius 3 is 2.00 bits per heavy atom. The van der Waals surface area contributed by atoms with Gasteiger partial charge in [-0.2, -0.15) is 0 Å². The summed E-state index contributed by atoms with van der Waals surface area (Å²) in [7, 11) is 0. The summed E-state index contributed by atoms with van der Waals surface area (Å²) in [6, 6.07) is 11.5. The molecular weight excluding hydrogens is 316 g/mol. The predicted molar refractivity (Wildman–Crippen MR) is 83.4 cm³/mol. The zero-order valence-electron chi connectivity index (χ0n) is 12.6. The van der Waals surface area contributed by atoms with Gasteiger partial charge in [0.15, 0.2) is 0 Å². The molecule has 2 aromatic rings. The topological polar surface area (TPSA) is 113 Å². The molecule has 2 aromatic carbocycles. The molecule has 0 aliphatic rings. The van der Waals surface area contributed by atoms with Crippen molar-refractivity contribution < 1.29 is 34.4 Å². The van der Waals surface area contributed by atoms with Gasteiger partial charge in [0.2, 0.25) is 0 Å². The summed E-state index contributed by atoms with van der Waals surface area (Å²) in [5.41, 5.74) is 0.383. The van der Waals surface area contributed by atoms with Gasteiger partial charge in [-0.1, -0.05) is 0 Å². The maximum atomic E-state index is 12.0. The molecule has 126 valence electrons. The fraction of sp³-hybridized carbons (Fsp3) is 0.176. The second kappa shape index (κ2) is 8.09. The van der Waals surface area contributed by atoms with Crippen LogP contribution in [0.5, 0.6) is 11.5 Å². The fourth-order valence-corrected chi connectivity index (χ4v) is 1.76. The lowest BCUT2D eigenvalue weighted by atomic mass is 10.2. The molecular formula is C17H16O7. The Bertz CT molecular complexity index is 692. The van der Waals surface area contributed by atoms with Crippen molar-refractivity contribution in [3.8, 4) is 11.5 Å². The number of esters is 1. The van der Waals surface area contributed by atoms with E-state index in [1.165, 1.54) is 48.5 Å². The van der Waals surface area contributed by atoms with E-state index < -0.39 is 24.6 Å². The average Bonchev–Trinajstić information content (AvgIpc) is 2.60. The fourth-order valence-electron chi connectivity index (χ4n) is 1.76. The summed E-state index contributed by atoms with van der Waals surface area (Å²) in [6.07, 6.45) is -0.969. The van der Waals surface area contributed by atoms with Crippen LogP contribution < -0.4 is 9.47 Å². The van der Waals surface area contributed by atoms with Crippen LogP contribution in [0.1, 0.15) is 20.7 Å². The Kier molecular flexibility index (Phi) is 5.89. The summed E-state index contributed by atoms with van der Waals surface area (Å²) >= 11 is 0. The Morgan fingerprint density at radius 1 is 0.917 bits per heavy atom. The normalized spacial score (nSPS) is 11.6. The molecule has 0 fully saturated rings. The SMILES string of the molecule is O=C(O)c1ccc(OC(=O)c2ccc(OCC(O)CO)cc2)cc1. The van der Waals surface area contributed by atoms with Crippen LogP contribution >= 0.6 is 0 Å². The molecule has 7 heteroatoms. The first kappa shape index (κ1) is 17.5. The van der Waals surface area contributed by atoms with Crippen molar-refractivity contribution in [2.75, 3.05) is 13.2 Å². The van der Waals surface area contributed by atoms with E-state index in [4.69, 9.17) is 19.7 Å². The Hall–Kier alpha value is -2.90. The number of rotatable bonds is 7. The summed E-state index contributed by atoms with van der Waals surface area (Å²) in [5.74, 6) is -0.990. The van der Waals surface area contributed by atoms with Gasteiger partial charge in [0.05, 0.1) is 17.7 Å². The standard InChI is InChI=1S/C17H16O7/c18-9-13(19)10-23-14-5-3-12(4-6-14)17(22)24-15-7-1-11(2-8-15)16(20)21/h1-8,13,18-19H,9-10H2,(H,20,21). The molecule has 0 saturated heterocycles. The van der Waals surface area contributed by atoms with E-state index in [1.54, 1.807) is 0 Å². The summed E-state index contributed by atoms with van der Waals surface area (Å²) in [5, 5.41) is 26.7. The highest BCUT2D eigenvalue weighted by molar-refractivity contribution is 5.91. The Balaban J connectivity index is 1.95. The summed E-state index contributed by atoms with van der Waals surface area (Å²) in [6.45, 7) is -0.457. The first-order valence-electron chi connectivity index (χ1n) is 7.07. The lowest BCUT2D eigenvalue weighted by Gasteiger charge is -2.10. The molecule has 0 bridgehead atoms. The van der Waals surface area contributed by atoms with Crippen molar-refractivity contribution in [2.24, 2.45) is 0 Å². The number of aliphatic hydroxyl groups excluding tert-OH is 2. The van der Waals surface area contributed by atoms with Gasteiger partial charge >= 0.3 is 11.9 Å². The van der Waals surface area contributed by atoms with E-state index >= 15 is 0 Å². The monoisotopic (exact) mass is 332 g/mol. The van der Waals surface area contributed by atoms with Gasteiger partial charge in [-0.15, -0.1) is 0 Å². The second-order valence-electron chi connectivity index (χ2n) is 4.89. The number of hydrogen-bond acceptors (Lipinski definition) is 6. The van der Waals surface area contributed by atoms with Gasteiger partial charge in [0.25, 0.3) is 0 Å². The molecule has 0 aromatic heterocycles. The molecule has 3 N–H and O–H groups in total. The Labute approximate surface area is 137 Å². The predicted octanol–water partition coefficient (Wildman–Crippen LogP) is 1.34. The van der Waals surface area contributed by atoms with Gasteiger partial charge in [-0.05, 0) is 48.5 Å². The maximum Gasteiger partial charge on any atom is 0.343 e. The number of carbonyl (C=O) groups is 2. The molecule has 0 aliphatic heterocycles. The number of ether oxygens (including phenoxy) is 2. The van der Waals surface area contributed by atoms with Crippen LogP contribution in [0.15, 0.2) is 48.5 Å². The lowest BCUT2D eigenvalue weighted by molar-refractivity contribution is 0.0536. The number of aromatic carboxylic acids is 1. The Morgan fingerprint density at radius 2 is 1.46 bits per heavy atom. The third-order valence-corrected chi connectivity index (χ3v) is 3.05. The van der Waals surface area contributed by atoms with Gasteiger partial charge < -0.3 is 24.8 Å². The minimum absolute atomic E-state index is 0.0593. The quantitative estimate of drug-likeness (QED) is 0.518. The third-order valence-electron chi connectivity index (χ3n) is 3.05. The van der Waals surface area contributed by atoms with Crippen LogP contribution in [0.25, 0.3) is 0 Å². The van der Waals surface area contributed by atoms with Crippen LogP contribution in [0.4, 0.5) is 0 Å². The van der Waals surface area contributed by atoms with Crippen molar-refractivity contribution in [3.05, 3.63) is 59.7 Å². The van der Waals surface area contributed by atoms with Crippen LogP contribution in [0, 0.1) is 0 Å². The molecule has 0 radical (unpaired) electrons. The van der Waals surface area contributed by atoms with E-state index in [9.17, 15) is 14.7 Å². The zero-order valence-corrected chi connectivity index (χ0v) is 12.6. The smallest absolute Gasteiger partial charge is 0.343 e. The van der Waals surface area contributed by atoms with E-state index in [-0.39, 0.29) is 23.5 Å². The molecule has 0 aliphatic carbocycles. The van der Waals surface area contributed by atoms with E-state index in [2.05, 4.69) is 0 Å². The molecule has 0 amide bonds. The van der Waals surface area contributed by atoms with Gasteiger partial charge in [0, 0.05) is 0 Å². The van der Waals surface area contributed by atoms with Gasteiger partial charge in [-0.3, -0.25) is 0 Å². The van der Waals surface area contributed by atoms with Crippen LogP contribution in [0.3, 0.4) is 0 Å². The molecule has 0 heterocycles. The van der Waals surface area contributed by atoms with Gasteiger partial charge in [0.1, 0.15) is 24.2 Å². The number of carboxylic acid groups (broad SMARTS) is 1. The molecule has 2 rings (SSSR count). The van der Waals surface area contributed by atoms with Crippen molar-refractivity contribution in [2.45, 2.75) is 6.10 Å². The number of carbonyl (C=O) groups excluding carboxylic acids is 1. The largest absolute Gasteiger partial charge is 0.491 e. The highest BCUT2D eigenvalue weighted by Crippen LogP contribution is 2.17. The second-order valence-corrected chi connectivity index (χ2v) is 4.89. The highest BCUT2D eigenvalue weighted by Gasteiger charge is 2.10. The first-order valence-corrected chi connectivity index (χ1v) is 7.07. The van der Waals surface area contributed by atoms with Crippen molar-refractivity contribution >= 4 is 11.9 Å². The lowest BCUT2D eigenvalue weighted by Crippen LogP contribution is -2.21. The molecule has 7 nitrogen and oxygen atoms in total. The first-order chi connectivity index (χ1) is 11.5. The van der Waals surface area contributed by atoms with E-state index in [0.717, 1.165) is 0 Å². The number of carboxylic acids is 1. The van der Waals surface area contributed by atoms with Gasteiger partial charge in [-0.25, -0.2) is 9.59 Å². The van der Waals surface area contributed by atoms with Crippen LogP contribution in [0.2, 0.25) is 0 Å². The zero-order chi connectivity index (χ0) is 17.5. The number of hydrogen-bond donors (Lipinski definition) is 3. The van der Waals surface area contributed by atoms with Crippen LogP contribution in [-0.4, -0.2) is 46.6 Å². The van der Waals surface area contributed by atoms with Crippen LogP contribution in [-0.2, 0) is 0 Å². The van der Waals surface area contributed by atoms with E-state index in [1.807, 2.05) is 0 Å². The third kappa shape index (κ3) is 4.80. The van der Waals surface area contributed by atoms with E-state index in [0.29, 0.717) is 5.75 Å². The molecule has 1 unspecified atom stereocenters. The number of benzene rings is 2. The summed E-state index contributed by atoms with van der Waals surface area (Å²) < 4.78 is 10.4. The molecule has 0 saturated carbocycles. The minimum Gasteiger partial charge on any atom is -0.491 e. The highest BCUT2D eigenvalue weighted by atomic mass is 16.5. The maximum absolute atomic E-state index is 12.0. The van der Waals surface area contributed by atoms with Crippen molar-refractivity contribution in [1.29, 1.82) is 0 Å². The molecule has 1 atom stereocenters. The van der Waals surface area contributed by atoms with Crippen molar-refractivity contribution in [1.82, 2.24) is 0 Å². The average molecular weight is 332 g/mol. The molecule has 0 spiro atoms. The van der Waals surface area contributed by atoms with Crippen molar-refractivity contribution in [3.63, 3.8) is 0 Å².